The van der Waals surface area contributed by atoms with Crippen LogP contribution in [-0.2, 0) is 9.31 Å². The number of benzene rings is 1. The van der Waals surface area contributed by atoms with Crippen LogP contribution in [0.2, 0.25) is 18.1 Å². The van der Waals surface area contributed by atoms with Crippen molar-refractivity contribution in [1.82, 2.24) is 4.23 Å². The van der Waals surface area contributed by atoms with Crippen molar-refractivity contribution in [3.63, 3.8) is 0 Å². The second kappa shape index (κ2) is 5.97. The quantitative estimate of drug-likeness (QED) is 0.576. The number of rotatable bonds is 2. The van der Waals surface area contributed by atoms with Crippen molar-refractivity contribution in [2.45, 2.75) is 77.8 Å². The minimum absolute atomic E-state index is 0.235. The molecule has 6 heteroatoms. The molecule has 2 heterocycles. The van der Waals surface area contributed by atoms with Gasteiger partial charge < -0.3 is 13.5 Å². The maximum Gasteiger partial charge on any atom is 0.497 e. The van der Waals surface area contributed by atoms with Crippen LogP contribution < -0.4 is 5.46 Å². The van der Waals surface area contributed by atoms with E-state index in [1.165, 1.54) is 10.9 Å². The summed E-state index contributed by atoms with van der Waals surface area (Å²) in [7, 11) is -2.12. The first-order chi connectivity index (χ1) is 11.7. The van der Waals surface area contributed by atoms with Crippen LogP contribution in [0.25, 0.3) is 10.9 Å². The predicted molar refractivity (Wildman–Crippen MR) is 118 cm³/mol. The number of aromatic nitrogens is 1. The lowest BCUT2D eigenvalue weighted by atomic mass is 9.79. The summed E-state index contributed by atoms with van der Waals surface area (Å²) in [4.78, 5) is 0. The fourth-order valence-corrected chi connectivity index (χ4v) is 5.55. The lowest BCUT2D eigenvalue weighted by molar-refractivity contribution is 0.00578. The molecule has 142 valence electrons. The van der Waals surface area contributed by atoms with Crippen LogP contribution in [0.15, 0.2) is 28.9 Å². The fraction of sp³-hybridized carbons (Fsp3) is 0.600. The van der Waals surface area contributed by atoms with Crippen molar-refractivity contribution in [2.24, 2.45) is 0 Å². The minimum Gasteiger partial charge on any atom is -0.399 e. The van der Waals surface area contributed by atoms with Crippen LogP contribution in [-0.4, -0.2) is 30.8 Å². The lowest BCUT2D eigenvalue weighted by Crippen LogP contribution is -2.45. The molecule has 0 saturated carbocycles. The summed E-state index contributed by atoms with van der Waals surface area (Å²) in [6, 6.07) is 6.54. The highest BCUT2D eigenvalue weighted by atomic mass is 79.9. The average Bonchev–Trinajstić information content (AvgIpc) is 2.92. The topological polar surface area (TPSA) is 23.4 Å². The highest BCUT2D eigenvalue weighted by molar-refractivity contribution is 9.10. The van der Waals surface area contributed by atoms with E-state index in [1.54, 1.807) is 0 Å². The van der Waals surface area contributed by atoms with Crippen molar-refractivity contribution in [3.05, 3.63) is 28.9 Å². The van der Waals surface area contributed by atoms with Gasteiger partial charge in [-0.15, -0.1) is 0 Å². The second-order valence-electron chi connectivity index (χ2n) is 10.0. The molecule has 1 saturated heterocycles. The summed E-state index contributed by atoms with van der Waals surface area (Å²) in [5, 5.41) is 1.45. The summed E-state index contributed by atoms with van der Waals surface area (Å²) in [5.41, 5.74) is 1.72. The Morgan fingerprint density at radius 3 is 2.08 bits per heavy atom. The van der Waals surface area contributed by atoms with Gasteiger partial charge in [0.05, 0.1) is 11.2 Å². The molecule has 26 heavy (non-hydrogen) atoms. The van der Waals surface area contributed by atoms with Gasteiger partial charge in [-0.3, -0.25) is 0 Å². The number of halogens is 1. The third kappa shape index (κ3) is 3.03. The SMILES string of the molecule is CC1(C)OB(c2cn([Si](C)(C)C(C)(C)C)c3ccc(Br)cc23)OC1(C)C. The molecule has 1 aliphatic rings. The highest BCUT2D eigenvalue weighted by Gasteiger charge is 2.53. The molecular weight excluding hydrogens is 405 g/mol. The molecule has 0 atom stereocenters. The van der Waals surface area contributed by atoms with Crippen molar-refractivity contribution >= 4 is 47.6 Å². The van der Waals surface area contributed by atoms with Crippen LogP contribution in [0.5, 0.6) is 0 Å². The largest absolute Gasteiger partial charge is 0.497 e. The third-order valence-corrected chi connectivity index (χ3v) is 12.5. The van der Waals surface area contributed by atoms with Gasteiger partial charge in [0.1, 0.15) is 0 Å². The maximum absolute atomic E-state index is 6.37. The van der Waals surface area contributed by atoms with Gasteiger partial charge in [0.15, 0.2) is 8.24 Å². The fourth-order valence-electron chi connectivity index (χ4n) is 3.21. The molecule has 0 spiro atoms. The van der Waals surface area contributed by atoms with Crippen molar-refractivity contribution in [3.8, 4) is 0 Å². The minimum atomic E-state index is -1.77. The zero-order valence-electron chi connectivity index (χ0n) is 17.5. The molecule has 3 nitrogen and oxygen atoms in total. The van der Waals surface area contributed by atoms with E-state index in [4.69, 9.17) is 9.31 Å². The van der Waals surface area contributed by atoms with E-state index in [9.17, 15) is 0 Å². The molecule has 0 N–H and O–H groups in total. The van der Waals surface area contributed by atoms with Gasteiger partial charge >= 0.3 is 7.12 Å². The molecule has 0 amide bonds. The van der Waals surface area contributed by atoms with Gasteiger partial charge in [-0.1, -0.05) is 49.8 Å². The van der Waals surface area contributed by atoms with Gasteiger partial charge in [-0.25, -0.2) is 0 Å². The normalized spacial score (nSPS) is 20.2. The van der Waals surface area contributed by atoms with Gasteiger partial charge in [-0.2, -0.15) is 0 Å². The van der Waals surface area contributed by atoms with E-state index in [0.717, 1.165) is 9.94 Å². The smallest absolute Gasteiger partial charge is 0.399 e. The molecule has 0 bridgehead atoms. The van der Waals surface area contributed by atoms with Crippen LogP contribution in [0.1, 0.15) is 48.5 Å². The Bertz CT molecular complexity index is 835. The van der Waals surface area contributed by atoms with E-state index in [-0.39, 0.29) is 23.4 Å². The van der Waals surface area contributed by atoms with Gasteiger partial charge in [-0.05, 0) is 62.5 Å². The standard InChI is InChI=1S/C20H31BBrNO2Si/c1-18(2,3)26(8,9)23-13-16(15-12-14(22)10-11-17(15)23)21-24-19(4,5)20(6,7)25-21/h10-13H,1-9H3. The van der Waals surface area contributed by atoms with E-state index in [1.807, 2.05) is 0 Å². The van der Waals surface area contributed by atoms with Crippen molar-refractivity contribution in [2.75, 3.05) is 0 Å². The molecule has 0 radical (unpaired) electrons. The van der Waals surface area contributed by atoms with Crippen LogP contribution in [0, 0.1) is 0 Å². The van der Waals surface area contributed by atoms with Crippen molar-refractivity contribution < 1.29 is 9.31 Å². The van der Waals surface area contributed by atoms with Crippen LogP contribution in [0.3, 0.4) is 0 Å². The number of hydrogen-bond acceptors (Lipinski definition) is 2. The Morgan fingerprint density at radius 2 is 1.58 bits per heavy atom. The third-order valence-electron chi connectivity index (χ3n) is 6.74. The van der Waals surface area contributed by atoms with E-state index in [0.29, 0.717) is 0 Å². The Labute approximate surface area is 167 Å². The molecule has 1 aliphatic heterocycles. The van der Waals surface area contributed by atoms with Gasteiger partial charge in [0, 0.05) is 15.5 Å². The molecule has 2 aromatic rings. The van der Waals surface area contributed by atoms with Gasteiger partial charge in [0.2, 0.25) is 0 Å². The molecule has 1 aromatic heterocycles. The molecular formula is C20H31BBrNO2Si. The van der Waals surface area contributed by atoms with E-state index >= 15 is 0 Å². The van der Waals surface area contributed by atoms with Gasteiger partial charge in [0.25, 0.3) is 0 Å². The van der Waals surface area contributed by atoms with Crippen molar-refractivity contribution in [1.29, 1.82) is 0 Å². The number of hydrogen-bond donors (Lipinski definition) is 0. The summed E-state index contributed by atoms with van der Waals surface area (Å²) in [6.45, 7) is 20.3. The lowest BCUT2D eigenvalue weighted by Gasteiger charge is -2.38. The molecule has 0 unspecified atom stereocenters. The first kappa shape index (κ1) is 20.2. The highest BCUT2D eigenvalue weighted by Crippen LogP contribution is 2.40. The molecule has 1 aromatic carbocycles. The van der Waals surface area contributed by atoms with E-state index < -0.39 is 8.24 Å². The predicted octanol–water partition coefficient (Wildman–Crippen LogP) is 5.56. The Morgan fingerprint density at radius 1 is 1.04 bits per heavy atom. The number of fused-ring (bicyclic) bond motifs is 1. The maximum atomic E-state index is 6.37. The van der Waals surface area contributed by atoms with Crippen LogP contribution in [0.4, 0.5) is 0 Å². The van der Waals surface area contributed by atoms with E-state index in [2.05, 4.69) is 106 Å². The first-order valence-corrected chi connectivity index (χ1v) is 13.1. The number of nitrogens with zero attached hydrogens (tertiary/aromatic N) is 1. The average molecular weight is 436 g/mol. The Balaban J connectivity index is 2.21. The monoisotopic (exact) mass is 435 g/mol. The Kier molecular flexibility index (Phi) is 4.63. The zero-order valence-corrected chi connectivity index (χ0v) is 20.1. The molecule has 0 aliphatic carbocycles. The second-order valence-corrected chi connectivity index (χ2v) is 16.0. The Hall–Kier alpha value is -0.558. The molecule has 3 rings (SSSR count). The summed E-state index contributed by atoms with van der Waals surface area (Å²) in [5.74, 6) is 0. The zero-order chi connectivity index (χ0) is 19.7. The summed E-state index contributed by atoms with van der Waals surface area (Å²) >= 11 is 3.64. The first-order valence-electron chi connectivity index (χ1n) is 9.34. The molecule has 1 fully saturated rings. The summed E-state index contributed by atoms with van der Waals surface area (Å²) in [6.07, 6.45) is 2.29. The summed E-state index contributed by atoms with van der Waals surface area (Å²) < 4.78 is 16.4. The van der Waals surface area contributed by atoms with Crippen LogP contribution >= 0.6 is 15.9 Å².